The molecule has 1 amide bonds. The van der Waals surface area contributed by atoms with Crippen molar-refractivity contribution in [3.05, 3.63) is 70.6 Å². The van der Waals surface area contributed by atoms with Crippen molar-refractivity contribution in [2.24, 2.45) is 0 Å². The summed E-state index contributed by atoms with van der Waals surface area (Å²) >= 11 is 1.39. The molecule has 3 rings (SSSR count). The molecule has 0 saturated carbocycles. The normalized spacial score (nSPS) is 10.9. The molecular formula is C19H20N2O2S. The standard InChI is InChI=1S/C19H20N2O2S/c22-19(21-23)18-12-16-9-8-15(11-17(16)24-18)13-20-10-4-7-14-5-2-1-3-6-14/h1-3,5-6,8-9,11-12,20,23H,4,7,10,13H2,(H,21,22). The third kappa shape index (κ3) is 4.20. The minimum atomic E-state index is -0.461. The second-order valence-electron chi connectivity index (χ2n) is 5.69. The highest BCUT2D eigenvalue weighted by Gasteiger charge is 2.09. The molecule has 24 heavy (non-hydrogen) atoms. The van der Waals surface area contributed by atoms with Crippen LogP contribution < -0.4 is 10.8 Å². The molecule has 0 radical (unpaired) electrons. The molecule has 0 aliphatic carbocycles. The first-order valence-electron chi connectivity index (χ1n) is 7.98. The lowest BCUT2D eigenvalue weighted by Crippen LogP contribution is -2.16. The summed E-state index contributed by atoms with van der Waals surface area (Å²) in [5.41, 5.74) is 4.24. The molecule has 1 aromatic heterocycles. The molecule has 0 fully saturated rings. The van der Waals surface area contributed by atoms with Crippen LogP contribution in [-0.2, 0) is 13.0 Å². The Morgan fingerprint density at radius 3 is 2.67 bits per heavy atom. The fraction of sp³-hybridized carbons (Fsp3) is 0.211. The molecule has 0 spiro atoms. The number of carbonyl (C=O) groups excluding carboxylic acids is 1. The molecule has 1 heterocycles. The summed E-state index contributed by atoms with van der Waals surface area (Å²) in [6.07, 6.45) is 2.18. The number of carbonyl (C=O) groups is 1. The van der Waals surface area contributed by atoms with E-state index in [-0.39, 0.29) is 0 Å². The van der Waals surface area contributed by atoms with Gasteiger partial charge in [0.2, 0.25) is 0 Å². The second-order valence-corrected chi connectivity index (χ2v) is 6.77. The molecule has 0 aliphatic heterocycles. The number of hydrogen-bond donors (Lipinski definition) is 3. The summed E-state index contributed by atoms with van der Waals surface area (Å²) in [5.74, 6) is -0.461. The minimum absolute atomic E-state index is 0.461. The average molecular weight is 340 g/mol. The van der Waals surface area contributed by atoms with Crippen molar-refractivity contribution in [2.45, 2.75) is 19.4 Å². The number of hydrogen-bond acceptors (Lipinski definition) is 4. The molecule has 5 heteroatoms. The maximum Gasteiger partial charge on any atom is 0.284 e. The highest BCUT2D eigenvalue weighted by Crippen LogP contribution is 2.26. The second kappa shape index (κ2) is 8.06. The van der Waals surface area contributed by atoms with Gasteiger partial charge in [-0.3, -0.25) is 10.0 Å². The summed E-state index contributed by atoms with van der Waals surface area (Å²) in [6.45, 7) is 1.78. The van der Waals surface area contributed by atoms with E-state index in [1.807, 2.05) is 12.1 Å². The van der Waals surface area contributed by atoms with Gasteiger partial charge in [0.1, 0.15) is 0 Å². The van der Waals surface area contributed by atoms with Crippen molar-refractivity contribution in [1.29, 1.82) is 0 Å². The van der Waals surface area contributed by atoms with E-state index < -0.39 is 5.91 Å². The molecule has 0 aliphatic rings. The Morgan fingerprint density at radius 2 is 1.88 bits per heavy atom. The number of amides is 1. The molecule has 3 aromatic rings. The number of aryl methyl sites for hydroxylation is 1. The number of nitrogens with one attached hydrogen (secondary N) is 2. The van der Waals surface area contributed by atoms with Crippen molar-refractivity contribution in [1.82, 2.24) is 10.8 Å². The zero-order valence-corrected chi connectivity index (χ0v) is 14.1. The number of benzene rings is 2. The molecule has 0 saturated heterocycles. The van der Waals surface area contributed by atoms with E-state index in [0.717, 1.165) is 36.0 Å². The Kier molecular flexibility index (Phi) is 5.59. The first-order chi connectivity index (χ1) is 11.8. The van der Waals surface area contributed by atoms with Crippen LogP contribution in [0.25, 0.3) is 10.1 Å². The van der Waals surface area contributed by atoms with E-state index in [0.29, 0.717) is 4.88 Å². The van der Waals surface area contributed by atoms with E-state index >= 15 is 0 Å². The molecule has 4 nitrogen and oxygen atoms in total. The van der Waals surface area contributed by atoms with Gasteiger partial charge in [0.15, 0.2) is 0 Å². The molecule has 124 valence electrons. The molecule has 3 N–H and O–H groups in total. The quantitative estimate of drug-likeness (QED) is 0.349. The Balaban J connectivity index is 1.51. The van der Waals surface area contributed by atoms with Crippen LogP contribution >= 0.6 is 11.3 Å². The Labute approximate surface area is 145 Å². The third-order valence-corrected chi connectivity index (χ3v) is 5.00. The average Bonchev–Trinajstić information content (AvgIpc) is 3.05. The molecule has 0 bridgehead atoms. The van der Waals surface area contributed by atoms with Crippen molar-refractivity contribution in [3.63, 3.8) is 0 Å². The van der Waals surface area contributed by atoms with E-state index in [4.69, 9.17) is 5.21 Å². The predicted molar refractivity (Wildman–Crippen MR) is 97.5 cm³/mol. The first-order valence-corrected chi connectivity index (χ1v) is 8.79. The van der Waals surface area contributed by atoms with Crippen LogP contribution in [0, 0.1) is 0 Å². The van der Waals surface area contributed by atoms with Crippen LogP contribution in [0.5, 0.6) is 0 Å². The summed E-state index contributed by atoms with van der Waals surface area (Å²) in [5, 5.41) is 13.2. The van der Waals surface area contributed by atoms with Gasteiger partial charge in [-0.1, -0.05) is 42.5 Å². The first kappa shape index (κ1) is 16.6. The number of thiophene rings is 1. The van der Waals surface area contributed by atoms with Crippen LogP contribution in [0.15, 0.2) is 54.6 Å². The number of fused-ring (bicyclic) bond motifs is 1. The summed E-state index contributed by atoms with van der Waals surface area (Å²) in [6, 6.07) is 18.5. The van der Waals surface area contributed by atoms with Crippen molar-refractivity contribution in [3.8, 4) is 0 Å². The smallest absolute Gasteiger partial charge is 0.284 e. The Hall–Kier alpha value is -2.21. The number of rotatable bonds is 7. The highest BCUT2D eigenvalue weighted by molar-refractivity contribution is 7.20. The van der Waals surface area contributed by atoms with Crippen LogP contribution in [0.2, 0.25) is 0 Å². The number of hydroxylamine groups is 1. The van der Waals surface area contributed by atoms with Gasteiger partial charge in [0.25, 0.3) is 5.91 Å². The zero-order valence-electron chi connectivity index (χ0n) is 13.3. The monoisotopic (exact) mass is 340 g/mol. The van der Waals surface area contributed by atoms with E-state index in [9.17, 15) is 4.79 Å². The zero-order chi connectivity index (χ0) is 16.8. The van der Waals surface area contributed by atoms with E-state index in [1.165, 1.54) is 22.5 Å². The SMILES string of the molecule is O=C(NO)c1cc2ccc(CNCCCc3ccccc3)cc2s1. The van der Waals surface area contributed by atoms with Gasteiger partial charge in [0.05, 0.1) is 4.88 Å². The summed E-state index contributed by atoms with van der Waals surface area (Å²) in [7, 11) is 0. The Morgan fingerprint density at radius 1 is 1.04 bits per heavy atom. The molecule has 0 unspecified atom stereocenters. The molecular weight excluding hydrogens is 320 g/mol. The van der Waals surface area contributed by atoms with Gasteiger partial charge < -0.3 is 5.32 Å². The fourth-order valence-electron chi connectivity index (χ4n) is 2.65. The predicted octanol–water partition coefficient (Wildman–Crippen LogP) is 3.74. The van der Waals surface area contributed by atoms with Gasteiger partial charge in [-0.25, -0.2) is 5.48 Å². The Bertz CT molecular complexity index is 815. The van der Waals surface area contributed by atoms with Crippen molar-refractivity contribution >= 4 is 27.3 Å². The highest BCUT2D eigenvalue weighted by atomic mass is 32.1. The van der Waals surface area contributed by atoms with Crippen molar-refractivity contribution < 1.29 is 10.0 Å². The van der Waals surface area contributed by atoms with Gasteiger partial charge >= 0.3 is 0 Å². The molecule has 2 aromatic carbocycles. The van der Waals surface area contributed by atoms with Gasteiger partial charge in [-0.2, -0.15) is 0 Å². The largest absolute Gasteiger partial charge is 0.313 e. The van der Waals surface area contributed by atoms with Crippen LogP contribution in [0.3, 0.4) is 0 Å². The summed E-state index contributed by atoms with van der Waals surface area (Å²) in [4.78, 5) is 12.0. The maximum absolute atomic E-state index is 11.5. The van der Waals surface area contributed by atoms with Crippen molar-refractivity contribution in [2.75, 3.05) is 6.54 Å². The maximum atomic E-state index is 11.5. The minimum Gasteiger partial charge on any atom is -0.313 e. The lowest BCUT2D eigenvalue weighted by molar-refractivity contribution is 0.0711. The van der Waals surface area contributed by atoms with E-state index in [1.54, 1.807) is 11.5 Å². The van der Waals surface area contributed by atoms with Crippen LogP contribution in [0.4, 0.5) is 0 Å². The topological polar surface area (TPSA) is 61.4 Å². The summed E-state index contributed by atoms with van der Waals surface area (Å²) < 4.78 is 1.05. The lowest BCUT2D eigenvalue weighted by Gasteiger charge is -2.05. The van der Waals surface area contributed by atoms with E-state index in [2.05, 4.69) is 41.7 Å². The van der Waals surface area contributed by atoms with Gasteiger partial charge in [0, 0.05) is 11.2 Å². The van der Waals surface area contributed by atoms with Gasteiger partial charge in [-0.05, 0) is 48.0 Å². The molecule has 0 atom stereocenters. The fourth-order valence-corrected chi connectivity index (χ4v) is 3.66. The van der Waals surface area contributed by atoms with Gasteiger partial charge in [-0.15, -0.1) is 11.3 Å². The van der Waals surface area contributed by atoms with Crippen LogP contribution in [-0.4, -0.2) is 17.7 Å². The van der Waals surface area contributed by atoms with Crippen LogP contribution in [0.1, 0.15) is 27.2 Å². The third-order valence-electron chi connectivity index (χ3n) is 3.90. The lowest BCUT2D eigenvalue weighted by atomic mass is 10.1.